The summed E-state index contributed by atoms with van der Waals surface area (Å²) in [6, 6.07) is 6.29. The molecule has 0 bridgehead atoms. The van der Waals surface area contributed by atoms with E-state index in [0.29, 0.717) is 24.3 Å². The lowest BCUT2D eigenvalue weighted by molar-refractivity contribution is -0.137. The quantitative estimate of drug-likeness (QED) is 0.524. The Hall–Kier alpha value is -2.70. The predicted molar refractivity (Wildman–Crippen MR) is 104 cm³/mol. The molecular formula is C21H17F8NO3S. The molecule has 0 atom stereocenters. The summed E-state index contributed by atoms with van der Waals surface area (Å²) in [5, 5.41) is 0. The predicted octanol–water partition coefficient (Wildman–Crippen LogP) is 5.05. The van der Waals surface area contributed by atoms with E-state index in [1.54, 1.807) is 0 Å². The molecule has 0 aliphatic carbocycles. The number of hydrogen-bond acceptors (Lipinski definition) is 3. The normalized spacial score (nSPS) is 15.2. The average molecular weight is 515 g/mol. The SMILES string of the molecule is O=C(CCS(=O)(=O)C(F)(F)F)N1CCc2c(cccc2C(F)(F)c2ccc(C(F)(F)F)cc2)C1. The lowest BCUT2D eigenvalue weighted by Crippen LogP contribution is -2.38. The summed E-state index contributed by atoms with van der Waals surface area (Å²) < 4.78 is 128. The van der Waals surface area contributed by atoms with Gasteiger partial charge in [0, 0.05) is 30.6 Å². The first-order valence-electron chi connectivity index (χ1n) is 9.77. The Kier molecular flexibility index (Phi) is 6.72. The van der Waals surface area contributed by atoms with Crippen molar-refractivity contribution < 1.29 is 48.3 Å². The monoisotopic (exact) mass is 515 g/mol. The van der Waals surface area contributed by atoms with Gasteiger partial charge in [0.05, 0.1) is 11.3 Å². The molecule has 1 amide bonds. The van der Waals surface area contributed by atoms with Crippen molar-refractivity contribution >= 4 is 15.7 Å². The Balaban J connectivity index is 1.80. The summed E-state index contributed by atoms with van der Waals surface area (Å²) in [7, 11) is -5.48. The van der Waals surface area contributed by atoms with E-state index in [2.05, 4.69) is 0 Å². The van der Waals surface area contributed by atoms with E-state index in [4.69, 9.17) is 0 Å². The fourth-order valence-electron chi connectivity index (χ4n) is 3.64. The van der Waals surface area contributed by atoms with Crippen molar-refractivity contribution in [3.63, 3.8) is 0 Å². The number of sulfone groups is 1. The van der Waals surface area contributed by atoms with Gasteiger partial charge in [0.2, 0.25) is 15.7 Å². The fourth-order valence-corrected chi connectivity index (χ4v) is 4.31. The van der Waals surface area contributed by atoms with Crippen LogP contribution in [0.1, 0.15) is 34.2 Å². The maximum absolute atomic E-state index is 15.2. The third-order valence-corrected chi connectivity index (χ3v) is 6.92. The van der Waals surface area contributed by atoms with Crippen LogP contribution in [0.3, 0.4) is 0 Å². The zero-order valence-corrected chi connectivity index (χ0v) is 18.0. The third-order valence-electron chi connectivity index (χ3n) is 5.47. The highest BCUT2D eigenvalue weighted by molar-refractivity contribution is 7.92. The van der Waals surface area contributed by atoms with Gasteiger partial charge in [-0.15, -0.1) is 0 Å². The number of amides is 1. The molecule has 1 aliphatic rings. The van der Waals surface area contributed by atoms with Crippen molar-refractivity contribution in [2.45, 2.75) is 37.0 Å². The van der Waals surface area contributed by atoms with Crippen molar-refractivity contribution in [3.8, 4) is 0 Å². The van der Waals surface area contributed by atoms with Gasteiger partial charge < -0.3 is 4.90 Å². The van der Waals surface area contributed by atoms with Crippen LogP contribution < -0.4 is 0 Å². The smallest absolute Gasteiger partial charge is 0.338 e. The summed E-state index contributed by atoms with van der Waals surface area (Å²) in [6.45, 7) is -0.366. The zero-order chi connectivity index (χ0) is 25.5. The molecule has 1 heterocycles. The Bertz CT molecular complexity index is 1170. The van der Waals surface area contributed by atoms with Crippen LogP contribution in [0.5, 0.6) is 0 Å². The average Bonchev–Trinajstić information content (AvgIpc) is 2.75. The highest BCUT2D eigenvalue weighted by Gasteiger charge is 2.45. The standard InChI is InChI=1S/C21H17F8NO3S/c22-19(23,14-4-6-15(7-5-14)20(24,25)26)17-3-1-2-13-12-30(10-8-16(13)17)18(31)9-11-34(32,33)21(27,28)29/h1-7H,8-12H2. The van der Waals surface area contributed by atoms with E-state index < -0.39 is 62.2 Å². The van der Waals surface area contributed by atoms with Crippen LogP contribution in [0.25, 0.3) is 0 Å². The van der Waals surface area contributed by atoms with Crippen LogP contribution in [0, 0.1) is 0 Å². The first-order chi connectivity index (χ1) is 15.5. The molecule has 0 aromatic heterocycles. The highest BCUT2D eigenvalue weighted by Crippen LogP contribution is 2.41. The second-order valence-corrected chi connectivity index (χ2v) is 9.77. The van der Waals surface area contributed by atoms with Crippen molar-refractivity contribution in [1.29, 1.82) is 0 Å². The third kappa shape index (κ3) is 5.18. The second kappa shape index (κ2) is 8.82. The van der Waals surface area contributed by atoms with Gasteiger partial charge in [-0.05, 0) is 29.7 Å². The Morgan fingerprint density at radius 3 is 2.03 bits per heavy atom. The Morgan fingerprint density at radius 2 is 1.47 bits per heavy atom. The van der Waals surface area contributed by atoms with E-state index in [-0.39, 0.29) is 30.6 Å². The zero-order valence-electron chi connectivity index (χ0n) is 17.2. The molecule has 3 rings (SSSR count). The number of carbonyl (C=O) groups excluding carboxylic acids is 1. The lowest BCUT2D eigenvalue weighted by atomic mass is 9.88. The Labute approximate surface area is 189 Å². The van der Waals surface area contributed by atoms with Gasteiger partial charge in [-0.1, -0.05) is 30.3 Å². The molecule has 0 N–H and O–H groups in total. The van der Waals surface area contributed by atoms with Crippen molar-refractivity contribution in [3.05, 3.63) is 70.3 Å². The molecule has 0 saturated heterocycles. The number of nitrogens with zero attached hydrogens (tertiary/aromatic N) is 1. The molecule has 0 saturated carbocycles. The van der Waals surface area contributed by atoms with E-state index in [1.807, 2.05) is 0 Å². The fraction of sp³-hybridized carbons (Fsp3) is 0.381. The van der Waals surface area contributed by atoms with Gasteiger partial charge in [-0.2, -0.15) is 35.1 Å². The molecule has 0 fully saturated rings. The molecule has 4 nitrogen and oxygen atoms in total. The summed E-state index contributed by atoms with van der Waals surface area (Å²) in [5.41, 5.74) is -7.24. The highest BCUT2D eigenvalue weighted by atomic mass is 32.2. The van der Waals surface area contributed by atoms with Gasteiger partial charge in [-0.25, -0.2) is 8.42 Å². The molecular weight excluding hydrogens is 498 g/mol. The van der Waals surface area contributed by atoms with E-state index in [0.717, 1.165) is 11.0 Å². The van der Waals surface area contributed by atoms with E-state index in [9.17, 15) is 39.6 Å². The summed E-state index contributed by atoms with van der Waals surface area (Å²) in [4.78, 5) is 13.3. The maximum Gasteiger partial charge on any atom is 0.497 e. The van der Waals surface area contributed by atoms with Gasteiger partial charge in [0.15, 0.2) is 0 Å². The summed E-state index contributed by atoms with van der Waals surface area (Å²) in [5.74, 6) is -5.95. The first kappa shape index (κ1) is 25.9. The van der Waals surface area contributed by atoms with E-state index in [1.165, 1.54) is 12.1 Å². The minimum absolute atomic E-state index is 0.0977. The first-order valence-corrected chi connectivity index (χ1v) is 11.4. The topological polar surface area (TPSA) is 54.5 Å². The minimum atomic E-state index is -5.49. The number of halogens is 8. The number of carbonyl (C=O) groups is 1. The van der Waals surface area contributed by atoms with Crippen molar-refractivity contribution in [2.75, 3.05) is 12.3 Å². The van der Waals surface area contributed by atoms with Gasteiger partial charge in [0.25, 0.3) is 5.92 Å². The number of benzene rings is 2. The molecule has 2 aromatic rings. The van der Waals surface area contributed by atoms with Crippen LogP contribution in [-0.2, 0) is 39.7 Å². The summed E-state index contributed by atoms with van der Waals surface area (Å²) >= 11 is 0. The van der Waals surface area contributed by atoms with Crippen LogP contribution in [0.15, 0.2) is 42.5 Å². The minimum Gasteiger partial charge on any atom is -0.338 e. The number of alkyl halides is 8. The number of fused-ring (bicyclic) bond motifs is 1. The van der Waals surface area contributed by atoms with Crippen LogP contribution in [0.2, 0.25) is 0 Å². The molecule has 0 unspecified atom stereocenters. The molecule has 0 spiro atoms. The second-order valence-electron chi connectivity index (χ2n) is 7.67. The van der Waals surface area contributed by atoms with Gasteiger partial charge in [-0.3, -0.25) is 4.79 Å². The molecule has 13 heteroatoms. The van der Waals surface area contributed by atoms with Crippen molar-refractivity contribution in [2.24, 2.45) is 0 Å². The maximum atomic E-state index is 15.2. The van der Waals surface area contributed by atoms with Crippen LogP contribution in [-0.4, -0.2) is 37.0 Å². The lowest BCUT2D eigenvalue weighted by Gasteiger charge is -2.32. The summed E-state index contributed by atoms with van der Waals surface area (Å²) in [6.07, 6.45) is -5.70. The molecule has 186 valence electrons. The number of rotatable bonds is 5. The van der Waals surface area contributed by atoms with E-state index >= 15 is 8.78 Å². The largest absolute Gasteiger partial charge is 0.497 e. The van der Waals surface area contributed by atoms with Crippen LogP contribution in [0.4, 0.5) is 35.1 Å². The van der Waals surface area contributed by atoms with Gasteiger partial charge in [0.1, 0.15) is 0 Å². The molecule has 2 aromatic carbocycles. The van der Waals surface area contributed by atoms with Crippen LogP contribution >= 0.6 is 0 Å². The van der Waals surface area contributed by atoms with Gasteiger partial charge >= 0.3 is 11.7 Å². The molecule has 1 aliphatic heterocycles. The Morgan fingerprint density at radius 1 is 0.882 bits per heavy atom. The number of hydrogen-bond donors (Lipinski definition) is 0. The molecule has 34 heavy (non-hydrogen) atoms. The van der Waals surface area contributed by atoms with Crippen molar-refractivity contribution in [1.82, 2.24) is 4.90 Å². The molecule has 0 radical (unpaired) electrons.